The molecular formula is C13H13BrN2O3. The molecular weight excluding hydrogens is 312 g/mol. The van der Waals surface area contributed by atoms with E-state index in [4.69, 9.17) is 9.26 Å². The summed E-state index contributed by atoms with van der Waals surface area (Å²) in [6, 6.07) is 5.10. The van der Waals surface area contributed by atoms with E-state index in [2.05, 4.69) is 33.0 Å². The fraction of sp³-hybridized carbons (Fsp3) is 0.308. The molecule has 100 valence electrons. The number of aldehydes is 1. The van der Waals surface area contributed by atoms with E-state index in [0.717, 1.165) is 19.1 Å². The van der Waals surface area contributed by atoms with Crippen molar-refractivity contribution >= 4 is 22.2 Å². The molecule has 2 aromatic rings. The highest BCUT2D eigenvalue weighted by Gasteiger charge is 2.08. The van der Waals surface area contributed by atoms with Gasteiger partial charge in [0.1, 0.15) is 12.0 Å². The van der Waals surface area contributed by atoms with Gasteiger partial charge in [-0.25, -0.2) is 0 Å². The van der Waals surface area contributed by atoms with Gasteiger partial charge in [0.2, 0.25) is 0 Å². The number of aromatic nitrogens is 2. The number of carbonyl (C=O) groups is 1. The van der Waals surface area contributed by atoms with Crippen LogP contribution in [-0.2, 0) is 13.0 Å². The van der Waals surface area contributed by atoms with Crippen LogP contribution in [-0.4, -0.2) is 16.4 Å². The van der Waals surface area contributed by atoms with Crippen molar-refractivity contribution < 1.29 is 14.1 Å². The largest absolute Gasteiger partial charge is 0.483 e. The van der Waals surface area contributed by atoms with Crippen molar-refractivity contribution in [3.63, 3.8) is 0 Å². The molecule has 1 heterocycles. The van der Waals surface area contributed by atoms with Gasteiger partial charge in [0, 0.05) is 12.0 Å². The normalized spacial score (nSPS) is 10.4. The summed E-state index contributed by atoms with van der Waals surface area (Å²) in [4.78, 5) is 14.8. The van der Waals surface area contributed by atoms with Crippen LogP contribution in [0.2, 0.25) is 0 Å². The van der Waals surface area contributed by atoms with Gasteiger partial charge in [-0.2, -0.15) is 4.98 Å². The molecule has 0 saturated heterocycles. The predicted molar refractivity (Wildman–Crippen MR) is 72.2 cm³/mol. The van der Waals surface area contributed by atoms with Gasteiger partial charge in [-0.05, 0) is 40.5 Å². The second-order valence-electron chi connectivity index (χ2n) is 3.95. The van der Waals surface area contributed by atoms with E-state index < -0.39 is 0 Å². The Labute approximate surface area is 119 Å². The smallest absolute Gasteiger partial charge is 0.264 e. The molecule has 1 aromatic heterocycles. The number of nitrogens with zero attached hydrogens (tertiary/aromatic N) is 2. The second-order valence-corrected chi connectivity index (χ2v) is 4.81. The first-order valence-electron chi connectivity index (χ1n) is 5.92. The van der Waals surface area contributed by atoms with Crippen molar-refractivity contribution in [3.05, 3.63) is 40.0 Å². The molecule has 1 aromatic carbocycles. The number of aryl methyl sites for hydroxylation is 1. The molecule has 0 aliphatic rings. The van der Waals surface area contributed by atoms with Crippen LogP contribution in [0.3, 0.4) is 0 Å². The SMILES string of the molecule is CCCc1noc(COc2ccc(C=O)cc2Br)n1. The Morgan fingerprint density at radius 2 is 2.32 bits per heavy atom. The molecule has 0 radical (unpaired) electrons. The lowest BCUT2D eigenvalue weighted by atomic mass is 10.2. The summed E-state index contributed by atoms with van der Waals surface area (Å²) in [7, 11) is 0. The number of ether oxygens (including phenoxy) is 1. The van der Waals surface area contributed by atoms with Crippen LogP contribution in [0.4, 0.5) is 0 Å². The van der Waals surface area contributed by atoms with Gasteiger partial charge in [0.05, 0.1) is 4.47 Å². The van der Waals surface area contributed by atoms with Gasteiger partial charge < -0.3 is 9.26 Å². The Kier molecular flexibility index (Phi) is 4.68. The minimum Gasteiger partial charge on any atom is -0.483 e. The molecule has 6 heteroatoms. The van der Waals surface area contributed by atoms with Crippen molar-refractivity contribution in [2.75, 3.05) is 0 Å². The number of rotatable bonds is 6. The van der Waals surface area contributed by atoms with E-state index in [1.807, 2.05) is 0 Å². The Morgan fingerprint density at radius 3 is 3.00 bits per heavy atom. The maximum atomic E-state index is 10.6. The fourth-order valence-corrected chi connectivity index (χ4v) is 2.03. The van der Waals surface area contributed by atoms with Gasteiger partial charge in [-0.1, -0.05) is 12.1 Å². The van der Waals surface area contributed by atoms with Gasteiger partial charge in [-0.15, -0.1) is 0 Å². The van der Waals surface area contributed by atoms with Crippen molar-refractivity contribution in [2.24, 2.45) is 0 Å². The maximum absolute atomic E-state index is 10.6. The molecule has 0 amide bonds. The van der Waals surface area contributed by atoms with Gasteiger partial charge >= 0.3 is 0 Å². The van der Waals surface area contributed by atoms with Crippen molar-refractivity contribution in [1.29, 1.82) is 0 Å². The highest BCUT2D eigenvalue weighted by atomic mass is 79.9. The van der Waals surface area contributed by atoms with E-state index in [9.17, 15) is 4.79 Å². The number of benzene rings is 1. The van der Waals surface area contributed by atoms with Gasteiger partial charge in [0.15, 0.2) is 12.4 Å². The summed E-state index contributed by atoms with van der Waals surface area (Å²) in [5.74, 6) is 1.76. The zero-order valence-electron chi connectivity index (χ0n) is 10.4. The second kappa shape index (κ2) is 6.47. The molecule has 0 saturated carbocycles. The fourth-order valence-electron chi connectivity index (χ4n) is 1.52. The Morgan fingerprint density at radius 1 is 1.47 bits per heavy atom. The molecule has 0 aliphatic carbocycles. The first-order chi connectivity index (χ1) is 9.22. The quantitative estimate of drug-likeness (QED) is 0.763. The van der Waals surface area contributed by atoms with Crippen molar-refractivity contribution in [3.8, 4) is 5.75 Å². The maximum Gasteiger partial charge on any atom is 0.264 e. The highest BCUT2D eigenvalue weighted by Crippen LogP contribution is 2.26. The molecule has 19 heavy (non-hydrogen) atoms. The molecule has 0 fully saturated rings. The Balaban J connectivity index is 1.99. The zero-order chi connectivity index (χ0) is 13.7. The topological polar surface area (TPSA) is 65.2 Å². The molecule has 2 rings (SSSR count). The summed E-state index contributed by atoms with van der Waals surface area (Å²) in [6.45, 7) is 2.26. The van der Waals surface area contributed by atoms with Crippen LogP contribution in [0.5, 0.6) is 5.75 Å². The Hall–Kier alpha value is -1.69. The van der Waals surface area contributed by atoms with Gasteiger partial charge in [0.25, 0.3) is 5.89 Å². The van der Waals surface area contributed by atoms with E-state index in [1.54, 1.807) is 18.2 Å². The lowest BCUT2D eigenvalue weighted by molar-refractivity contribution is 0.112. The van der Waals surface area contributed by atoms with E-state index in [1.165, 1.54) is 0 Å². The number of carbonyl (C=O) groups excluding carboxylic acids is 1. The van der Waals surface area contributed by atoms with Crippen molar-refractivity contribution in [1.82, 2.24) is 10.1 Å². The van der Waals surface area contributed by atoms with Crippen LogP contribution >= 0.6 is 15.9 Å². The number of hydrogen-bond donors (Lipinski definition) is 0. The lowest BCUT2D eigenvalue weighted by Gasteiger charge is -2.05. The number of hydrogen-bond acceptors (Lipinski definition) is 5. The van der Waals surface area contributed by atoms with Crippen LogP contribution in [0.15, 0.2) is 27.2 Å². The highest BCUT2D eigenvalue weighted by molar-refractivity contribution is 9.10. The zero-order valence-corrected chi connectivity index (χ0v) is 12.0. The van der Waals surface area contributed by atoms with Crippen LogP contribution in [0.25, 0.3) is 0 Å². The third kappa shape index (κ3) is 3.64. The van der Waals surface area contributed by atoms with E-state index in [-0.39, 0.29) is 6.61 Å². The minimum atomic E-state index is 0.204. The molecule has 0 N–H and O–H groups in total. The summed E-state index contributed by atoms with van der Waals surface area (Å²) in [5.41, 5.74) is 0.585. The monoisotopic (exact) mass is 324 g/mol. The lowest BCUT2D eigenvalue weighted by Crippen LogP contribution is -1.97. The summed E-state index contributed by atoms with van der Waals surface area (Å²) >= 11 is 3.34. The summed E-state index contributed by atoms with van der Waals surface area (Å²) in [5, 5.41) is 3.84. The standard InChI is InChI=1S/C13H13BrN2O3/c1-2-3-12-15-13(19-16-12)8-18-11-5-4-9(7-17)6-10(11)14/h4-7H,2-3,8H2,1H3. The molecule has 0 atom stereocenters. The van der Waals surface area contributed by atoms with E-state index in [0.29, 0.717) is 27.5 Å². The summed E-state index contributed by atoms with van der Waals surface area (Å²) < 4.78 is 11.3. The average Bonchev–Trinajstić information content (AvgIpc) is 2.85. The molecule has 0 spiro atoms. The molecule has 0 unspecified atom stereocenters. The Bertz CT molecular complexity index is 569. The van der Waals surface area contributed by atoms with Crippen LogP contribution in [0.1, 0.15) is 35.4 Å². The van der Waals surface area contributed by atoms with Gasteiger partial charge in [-0.3, -0.25) is 4.79 Å². The average molecular weight is 325 g/mol. The minimum absolute atomic E-state index is 0.204. The molecule has 0 bridgehead atoms. The first-order valence-corrected chi connectivity index (χ1v) is 6.71. The summed E-state index contributed by atoms with van der Waals surface area (Å²) in [6.07, 6.45) is 2.54. The van der Waals surface area contributed by atoms with Crippen molar-refractivity contribution in [2.45, 2.75) is 26.4 Å². The van der Waals surface area contributed by atoms with E-state index >= 15 is 0 Å². The van der Waals surface area contributed by atoms with Crippen LogP contribution in [0, 0.1) is 0 Å². The molecule has 5 nitrogen and oxygen atoms in total. The third-order valence-corrected chi connectivity index (χ3v) is 3.05. The predicted octanol–water partition coefficient (Wildman–Crippen LogP) is 3.18. The number of halogens is 1. The van der Waals surface area contributed by atoms with Crippen LogP contribution < -0.4 is 4.74 Å². The molecule has 0 aliphatic heterocycles. The third-order valence-electron chi connectivity index (χ3n) is 2.43. The first kappa shape index (κ1) is 13.7.